The summed E-state index contributed by atoms with van der Waals surface area (Å²) in [7, 11) is 0. The number of fused-ring (bicyclic) bond motifs is 1. The van der Waals surface area contributed by atoms with Crippen LogP contribution >= 0.6 is 15.9 Å². The summed E-state index contributed by atoms with van der Waals surface area (Å²) in [5.41, 5.74) is 3.23. The van der Waals surface area contributed by atoms with Gasteiger partial charge in [0, 0.05) is 4.47 Å². The number of benzene rings is 2. The number of nitrogens with zero attached hydrogens (tertiary/aromatic N) is 1. The molecule has 0 radical (unpaired) electrons. The maximum absolute atomic E-state index is 11.0. The van der Waals surface area contributed by atoms with Crippen LogP contribution in [0.15, 0.2) is 45.3 Å². The van der Waals surface area contributed by atoms with E-state index < -0.39 is 5.97 Å². The summed E-state index contributed by atoms with van der Waals surface area (Å²) in [6, 6.07) is 10.5. The zero-order valence-electron chi connectivity index (χ0n) is 10.6. The number of carboxylic acids is 1. The molecule has 0 unspecified atom stereocenters. The Bertz CT molecular complexity index is 823. The van der Waals surface area contributed by atoms with E-state index in [4.69, 9.17) is 9.52 Å². The number of halogens is 1. The fourth-order valence-electron chi connectivity index (χ4n) is 1.98. The fourth-order valence-corrected chi connectivity index (χ4v) is 2.39. The first-order valence-electron chi connectivity index (χ1n) is 5.95. The molecule has 5 heteroatoms. The van der Waals surface area contributed by atoms with Crippen LogP contribution in [0.2, 0.25) is 0 Å². The Kier molecular flexibility index (Phi) is 3.06. The van der Waals surface area contributed by atoms with E-state index in [1.54, 1.807) is 6.07 Å². The molecule has 100 valence electrons. The van der Waals surface area contributed by atoms with E-state index in [2.05, 4.69) is 20.9 Å². The molecule has 0 saturated heterocycles. The Balaban J connectivity index is 2.17. The Morgan fingerprint density at radius 3 is 2.80 bits per heavy atom. The highest BCUT2D eigenvalue weighted by atomic mass is 79.9. The fraction of sp³-hybridized carbons (Fsp3) is 0.0667. The lowest BCUT2D eigenvalue weighted by Crippen LogP contribution is -1.94. The molecule has 0 bridgehead atoms. The summed E-state index contributed by atoms with van der Waals surface area (Å²) < 4.78 is 6.56. The Labute approximate surface area is 123 Å². The van der Waals surface area contributed by atoms with Crippen LogP contribution in [0.3, 0.4) is 0 Å². The minimum Gasteiger partial charge on any atom is -0.478 e. The van der Waals surface area contributed by atoms with Crippen molar-refractivity contribution in [1.29, 1.82) is 0 Å². The van der Waals surface area contributed by atoms with Gasteiger partial charge in [-0.15, -0.1) is 0 Å². The minimum atomic E-state index is -0.985. The van der Waals surface area contributed by atoms with Gasteiger partial charge < -0.3 is 9.52 Å². The molecule has 2 aromatic carbocycles. The third-order valence-electron chi connectivity index (χ3n) is 2.99. The summed E-state index contributed by atoms with van der Waals surface area (Å²) >= 11 is 3.47. The highest BCUT2D eigenvalue weighted by molar-refractivity contribution is 9.10. The maximum Gasteiger partial charge on any atom is 0.335 e. The standard InChI is InChI=1S/C15H10BrNO3/c1-8-2-4-11(16)10(6-8)14-17-12-5-3-9(15(18)19)7-13(12)20-14/h2-7H,1H3,(H,18,19). The van der Waals surface area contributed by atoms with E-state index in [1.807, 2.05) is 25.1 Å². The van der Waals surface area contributed by atoms with Crippen molar-refractivity contribution in [1.82, 2.24) is 4.98 Å². The average molecular weight is 332 g/mol. The first-order chi connectivity index (χ1) is 9.54. The number of carbonyl (C=O) groups is 1. The van der Waals surface area contributed by atoms with E-state index >= 15 is 0 Å². The second-order valence-electron chi connectivity index (χ2n) is 4.49. The normalized spacial score (nSPS) is 10.9. The molecular weight excluding hydrogens is 322 g/mol. The SMILES string of the molecule is Cc1ccc(Br)c(-c2nc3ccc(C(=O)O)cc3o2)c1. The number of hydrogen-bond donors (Lipinski definition) is 1. The molecule has 0 fully saturated rings. The van der Waals surface area contributed by atoms with Gasteiger partial charge in [0.15, 0.2) is 5.58 Å². The molecule has 0 atom stereocenters. The van der Waals surface area contributed by atoms with Gasteiger partial charge in [0.1, 0.15) is 5.52 Å². The summed E-state index contributed by atoms with van der Waals surface area (Å²) in [4.78, 5) is 15.3. The predicted molar refractivity (Wildman–Crippen MR) is 78.8 cm³/mol. The first kappa shape index (κ1) is 12.9. The van der Waals surface area contributed by atoms with E-state index in [0.29, 0.717) is 17.0 Å². The summed E-state index contributed by atoms with van der Waals surface area (Å²) in [5.74, 6) is -0.514. The van der Waals surface area contributed by atoms with Crippen LogP contribution in [0, 0.1) is 6.92 Å². The van der Waals surface area contributed by atoms with Crippen LogP contribution in [-0.2, 0) is 0 Å². The van der Waals surface area contributed by atoms with Crippen LogP contribution in [0.25, 0.3) is 22.6 Å². The number of oxazole rings is 1. The van der Waals surface area contributed by atoms with Crippen molar-refractivity contribution in [2.24, 2.45) is 0 Å². The van der Waals surface area contributed by atoms with Gasteiger partial charge in [-0.2, -0.15) is 0 Å². The Morgan fingerprint density at radius 1 is 1.25 bits per heavy atom. The maximum atomic E-state index is 11.0. The van der Waals surface area contributed by atoms with Gasteiger partial charge in [0.25, 0.3) is 0 Å². The van der Waals surface area contributed by atoms with Crippen molar-refractivity contribution in [3.05, 3.63) is 52.0 Å². The van der Waals surface area contributed by atoms with Crippen molar-refractivity contribution < 1.29 is 14.3 Å². The molecule has 0 spiro atoms. The van der Waals surface area contributed by atoms with Crippen LogP contribution in [0.5, 0.6) is 0 Å². The van der Waals surface area contributed by atoms with Crippen LogP contribution in [-0.4, -0.2) is 16.1 Å². The van der Waals surface area contributed by atoms with Gasteiger partial charge in [0.2, 0.25) is 5.89 Å². The van der Waals surface area contributed by atoms with Crippen LogP contribution in [0.1, 0.15) is 15.9 Å². The predicted octanol–water partition coefficient (Wildman–Crippen LogP) is 4.26. The molecule has 0 aliphatic rings. The molecule has 4 nitrogen and oxygen atoms in total. The lowest BCUT2D eigenvalue weighted by molar-refractivity contribution is 0.0697. The lowest BCUT2D eigenvalue weighted by Gasteiger charge is -2.00. The number of hydrogen-bond acceptors (Lipinski definition) is 3. The molecular formula is C15H10BrNO3. The Hall–Kier alpha value is -2.14. The molecule has 0 aliphatic heterocycles. The summed E-state index contributed by atoms with van der Waals surface area (Å²) in [6.07, 6.45) is 0. The van der Waals surface area contributed by atoms with Crippen molar-refractivity contribution >= 4 is 33.0 Å². The number of aryl methyl sites for hydroxylation is 1. The first-order valence-corrected chi connectivity index (χ1v) is 6.74. The molecule has 0 saturated carbocycles. The number of aromatic nitrogens is 1. The van der Waals surface area contributed by atoms with E-state index in [0.717, 1.165) is 15.6 Å². The largest absolute Gasteiger partial charge is 0.478 e. The number of rotatable bonds is 2. The monoisotopic (exact) mass is 331 g/mol. The smallest absolute Gasteiger partial charge is 0.335 e. The van der Waals surface area contributed by atoms with E-state index in [-0.39, 0.29) is 5.56 Å². The molecule has 3 aromatic rings. The molecule has 1 aromatic heterocycles. The van der Waals surface area contributed by atoms with Crippen LogP contribution < -0.4 is 0 Å². The Morgan fingerprint density at radius 2 is 2.05 bits per heavy atom. The third-order valence-corrected chi connectivity index (χ3v) is 3.68. The van der Waals surface area contributed by atoms with E-state index in [9.17, 15) is 4.79 Å². The summed E-state index contributed by atoms with van der Waals surface area (Å²) in [5, 5.41) is 8.98. The number of carboxylic acid groups (broad SMARTS) is 1. The summed E-state index contributed by atoms with van der Waals surface area (Å²) in [6.45, 7) is 1.99. The molecule has 1 N–H and O–H groups in total. The van der Waals surface area contributed by atoms with Crippen molar-refractivity contribution in [3.8, 4) is 11.5 Å². The molecule has 20 heavy (non-hydrogen) atoms. The van der Waals surface area contributed by atoms with Gasteiger partial charge in [0.05, 0.1) is 11.1 Å². The third kappa shape index (κ3) is 2.20. The second kappa shape index (κ2) is 4.76. The van der Waals surface area contributed by atoms with E-state index in [1.165, 1.54) is 12.1 Å². The number of aromatic carboxylic acids is 1. The highest BCUT2D eigenvalue weighted by Gasteiger charge is 2.13. The molecule has 3 rings (SSSR count). The minimum absolute atomic E-state index is 0.184. The highest BCUT2D eigenvalue weighted by Crippen LogP contribution is 2.31. The van der Waals surface area contributed by atoms with Gasteiger partial charge in [-0.25, -0.2) is 9.78 Å². The average Bonchev–Trinajstić information content (AvgIpc) is 2.83. The zero-order valence-corrected chi connectivity index (χ0v) is 12.1. The lowest BCUT2D eigenvalue weighted by atomic mass is 10.1. The van der Waals surface area contributed by atoms with Gasteiger partial charge in [-0.1, -0.05) is 11.6 Å². The van der Waals surface area contributed by atoms with Gasteiger partial charge in [-0.3, -0.25) is 0 Å². The van der Waals surface area contributed by atoms with Crippen molar-refractivity contribution in [2.45, 2.75) is 6.92 Å². The molecule has 0 aliphatic carbocycles. The zero-order chi connectivity index (χ0) is 14.3. The van der Waals surface area contributed by atoms with Crippen LogP contribution in [0.4, 0.5) is 0 Å². The van der Waals surface area contributed by atoms with Crippen molar-refractivity contribution in [3.63, 3.8) is 0 Å². The van der Waals surface area contributed by atoms with Gasteiger partial charge >= 0.3 is 5.97 Å². The second-order valence-corrected chi connectivity index (χ2v) is 5.34. The molecule has 0 amide bonds. The van der Waals surface area contributed by atoms with Crippen molar-refractivity contribution in [2.75, 3.05) is 0 Å². The topological polar surface area (TPSA) is 63.3 Å². The molecule has 1 heterocycles. The quantitative estimate of drug-likeness (QED) is 0.761. The van der Waals surface area contributed by atoms with Gasteiger partial charge in [-0.05, 0) is 53.2 Å².